The summed E-state index contributed by atoms with van der Waals surface area (Å²) >= 11 is 0. The van der Waals surface area contributed by atoms with Gasteiger partial charge in [0, 0.05) is 17.6 Å². The van der Waals surface area contributed by atoms with E-state index in [1.165, 1.54) is 24.8 Å². The largest absolute Gasteiger partial charge is 0.115 e. The van der Waals surface area contributed by atoms with Gasteiger partial charge in [0.05, 0.1) is 0 Å². The Morgan fingerprint density at radius 2 is 2.08 bits per heavy atom. The second-order valence-corrected chi connectivity index (χ2v) is 3.36. The van der Waals surface area contributed by atoms with Gasteiger partial charge in [0.1, 0.15) is 0 Å². The first-order valence-corrected chi connectivity index (χ1v) is 5.06. The van der Waals surface area contributed by atoms with Gasteiger partial charge in [-0.3, -0.25) is 0 Å². The summed E-state index contributed by atoms with van der Waals surface area (Å²) in [6.07, 6.45) is 12.2. The van der Waals surface area contributed by atoms with Crippen LogP contribution in [-0.4, -0.2) is 0 Å². The predicted octanol–water partition coefficient (Wildman–Crippen LogP) is 3.29. The van der Waals surface area contributed by atoms with Gasteiger partial charge in [-0.25, -0.2) is 0 Å². The molecule has 0 saturated carbocycles. The highest BCUT2D eigenvalue weighted by Crippen LogP contribution is 2.24. The van der Waals surface area contributed by atoms with Crippen molar-refractivity contribution in [3.63, 3.8) is 0 Å². The maximum atomic E-state index is 5.38. The van der Waals surface area contributed by atoms with Gasteiger partial charge in [-0.15, -0.1) is 6.42 Å². The molecule has 1 aliphatic carbocycles. The van der Waals surface area contributed by atoms with Crippen molar-refractivity contribution in [1.29, 1.82) is 0 Å². The molecule has 0 unspecified atom stereocenters. The molecule has 13 heavy (non-hydrogen) atoms. The fraction of sp³-hybridized carbons (Fsp3) is 0.538. The summed E-state index contributed by atoms with van der Waals surface area (Å²) in [4.78, 5) is 0. The summed E-state index contributed by atoms with van der Waals surface area (Å²) < 4.78 is 0. The van der Waals surface area contributed by atoms with Crippen LogP contribution >= 0.6 is 0 Å². The smallest absolute Gasteiger partial charge is 0.0136 e. The third-order valence-electron chi connectivity index (χ3n) is 2.29. The van der Waals surface area contributed by atoms with Crippen molar-refractivity contribution in [3.8, 4) is 24.2 Å². The zero-order valence-electron chi connectivity index (χ0n) is 8.32. The molecule has 0 atom stereocenters. The van der Waals surface area contributed by atoms with Crippen LogP contribution in [0.25, 0.3) is 0 Å². The molecule has 0 aromatic heterocycles. The van der Waals surface area contributed by atoms with E-state index in [0.29, 0.717) is 0 Å². The lowest BCUT2D eigenvalue weighted by molar-refractivity contribution is 0.828. The first-order chi connectivity index (χ1) is 6.38. The Morgan fingerprint density at radius 3 is 2.77 bits per heavy atom. The van der Waals surface area contributed by atoms with Gasteiger partial charge in [0.25, 0.3) is 0 Å². The standard InChI is InChI=1S/C13H16/c1-3-5-6-7-9-13-11-8-10-12(13)4-2/h2H,3,5-6,8,10-11H2,1H3. The average Bonchev–Trinajstić information content (AvgIpc) is 2.60. The molecule has 0 aromatic carbocycles. The minimum absolute atomic E-state index is 1.01. The molecular weight excluding hydrogens is 156 g/mol. The Morgan fingerprint density at radius 1 is 1.31 bits per heavy atom. The quantitative estimate of drug-likeness (QED) is 0.443. The predicted molar refractivity (Wildman–Crippen MR) is 57.0 cm³/mol. The third-order valence-corrected chi connectivity index (χ3v) is 2.29. The van der Waals surface area contributed by atoms with Gasteiger partial charge in [-0.2, -0.15) is 0 Å². The molecule has 0 radical (unpaired) electrons. The van der Waals surface area contributed by atoms with E-state index in [0.717, 1.165) is 24.8 Å². The third kappa shape index (κ3) is 3.00. The van der Waals surface area contributed by atoms with Crippen molar-refractivity contribution < 1.29 is 0 Å². The summed E-state index contributed by atoms with van der Waals surface area (Å²) in [6, 6.07) is 0. The normalized spacial score (nSPS) is 15.1. The first-order valence-electron chi connectivity index (χ1n) is 5.06. The molecule has 0 saturated heterocycles. The molecule has 0 spiro atoms. The summed E-state index contributed by atoms with van der Waals surface area (Å²) in [6.45, 7) is 2.18. The highest BCUT2D eigenvalue weighted by Gasteiger charge is 2.09. The summed E-state index contributed by atoms with van der Waals surface area (Å²) in [7, 11) is 0. The molecule has 0 nitrogen and oxygen atoms in total. The summed E-state index contributed by atoms with van der Waals surface area (Å²) in [5.74, 6) is 9.13. The zero-order valence-corrected chi connectivity index (χ0v) is 8.32. The Hall–Kier alpha value is -1.14. The van der Waals surface area contributed by atoms with Crippen LogP contribution in [0.3, 0.4) is 0 Å². The van der Waals surface area contributed by atoms with Crippen molar-refractivity contribution in [2.75, 3.05) is 0 Å². The van der Waals surface area contributed by atoms with E-state index in [1.54, 1.807) is 0 Å². The van der Waals surface area contributed by atoms with Gasteiger partial charge >= 0.3 is 0 Å². The van der Waals surface area contributed by atoms with Crippen molar-refractivity contribution in [1.82, 2.24) is 0 Å². The van der Waals surface area contributed by atoms with Crippen LogP contribution in [0.15, 0.2) is 11.1 Å². The van der Waals surface area contributed by atoms with Crippen LogP contribution in [0.1, 0.15) is 45.4 Å². The van der Waals surface area contributed by atoms with Gasteiger partial charge < -0.3 is 0 Å². The molecule has 68 valence electrons. The van der Waals surface area contributed by atoms with Crippen LogP contribution in [0.5, 0.6) is 0 Å². The van der Waals surface area contributed by atoms with Crippen molar-refractivity contribution in [2.45, 2.75) is 45.4 Å². The fourth-order valence-corrected chi connectivity index (χ4v) is 1.48. The fourth-order valence-electron chi connectivity index (χ4n) is 1.48. The molecular formula is C13H16. The Bertz CT molecular complexity index is 288. The highest BCUT2D eigenvalue weighted by atomic mass is 14.1. The number of rotatable bonds is 2. The molecule has 0 heteroatoms. The van der Waals surface area contributed by atoms with Gasteiger partial charge in [0.15, 0.2) is 0 Å². The maximum absolute atomic E-state index is 5.38. The molecule has 0 fully saturated rings. The second-order valence-electron chi connectivity index (χ2n) is 3.36. The second kappa shape index (κ2) is 5.50. The van der Waals surface area contributed by atoms with Crippen molar-refractivity contribution in [3.05, 3.63) is 11.1 Å². The van der Waals surface area contributed by atoms with Crippen LogP contribution in [0.2, 0.25) is 0 Å². The van der Waals surface area contributed by atoms with E-state index in [4.69, 9.17) is 6.42 Å². The molecule has 1 rings (SSSR count). The molecule has 0 bridgehead atoms. The first kappa shape index (κ1) is 9.94. The Kier molecular flexibility index (Phi) is 4.20. The number of terminal acetylenes is 1. The maximum Gasteiger partial charge on any atom is 0.0136 e. The van der Waals surface area contributed by atoms with E-state index >= 15 is 0 Å². The van der Waals surface area contributed by atoms with Crippen LogP contribution < -0.4 is 0 Å². The lowest BCUT2D eigenvalue weighted by atomic mass is 10.1. The van der Waals surface area contributed by atoms with Gasteiger partial charge in [-0.1, -0.05) is 31.1 Å². The molecule has 0 heterocycles. The van der Waals surface area contributed by atoms with Crippen molar-refractivity contribution >= 4 is 0 Å². The SMILES string of the molecule is C#CC1=C(C#CCCCC)CCC1. The Labute approximate surface area is 81.4 Å². The monoisotopic (exact) mass is 172 g/mol. The highest BCUT2D eigenvalue weighted by molar-refractivity contribution is 5.44. The minimum Gasteiger partial charge on any atom is -0.115 e. The number of unbranched alkanes of at least 4 members (excludes halogenated alkanes) is 2. The number of hydrogen-bond acceptors (Lipinski definition) is 0. The molecule has 0 aromatic rings. The van der Waals surface area contributed by atoms with Gasteiger partial charge in [0.2, 0.25) is 0 Å². The Balaban J connectivity index is 2.51. The average molecular weight is 172 g/mol. The molecule has 1 aliphatic rings. The van der Waals surface area contributed by atoms with Crippen molar-refractivity contribution in [2.24, 2.45) is 0 Å². The van der Waals surface area contributed by atoms with E-state index in [9.17, 15) is 0 Å². The zero-order chi connectivity index (χ0) is 9.52. The lowest BCUT2D eigenvalue weighted by Gasteiger charge is -1.89. The van der Waals surface area contributed by atoms with Crippen LogP contribution in [-0.2, 0) is 0 Å². The summed E-state index contributed by atoms with van der Waals surface area (Å²) in [5.41, 5.74) is 2.36. The number of hydrogen-bond donors (Lipinski definition) is 0. The summed E-state index contributed by atoms with van der Waals surface area (Å²) in [5, 5.41) is 0. The van der Waals surface area contributed by atoms with Crippen LogP contribution in [0.4, 0.5) is 0 Å². The van der Waals surface area contributed by atoms with E-state index in [-0.39, 0.29) is 0 Å². The van der Waals surface area contributed by atoms with E-state index in [1.807, 2.05) is 0 Å². The van der Waals surface area contributed by atoms with E-state index < -0.39 is 0 Å². The van der Waals surface area contributed by atoms with Crippen LogP contribution in [0, 0.1) is 24.2 Å². The molecule has 0 aliphatic heterocycles. The number of allylic oxidation sites excluding steroid dienone is 2. The minimum atomic E-state index is 1.01. The molecule has 0 amide bonds. The van der Waals surface area contributed by atoms with E-state index in [2.05, 4.69) is 24.7 Å². The molecule has 0 N–H and O–H groups in total. The lowest BCUT2D eigenvalue weighted by Crippen LogP contribution is -1.76. The topological polar surface area (TPSA) is 0 Å². The van der Waals surface area contributed by atoms with Gasteiger partial charge in [-0.05, 0) is 25.7 Å².